The van der Waals surface area contributed by atoms with E-state index >= 15 is 0 Å². The van der Waals surface area contributed by atoms with Gasteiger partial charge in [0.2, 0.25) is 11.8 Å². The third-order valence-electron chi connectivity index (χ3n) is 8.60. The van der Waals surface area contributed by atoms with Gasteiger partial charge >= 0.3 is 0 Å². The van der Waals surface area contributed by atoms with Gasteiger partial charge in [0.1, 0.15) is 5.76 Å². The number of hydrogen-bond donors (Lipinski definition) is 2. The number of carbonyl (C=O) groups excluding carboxylic acids is 4. The van der Waals surface area contributed by atoms with Crippen molar-refractivity contribution in [3.05, 3.63) is 77.5 Å². The lowest BCUT2D eigenvalue weighted by atomic mass is 9.79. The van der Waals surface area contributed by atoms with Crippen molar-refractivity contribution in [1.29, 1.82) is 0 Å². The van der Waals surface area contributed by atoms with Crippen molar-refractivity contribution in [2.75, 3.05) is 46.9 Å². The molecule has 2 saturated heterocycles. The van der Waals surface area contributed by atoms with Crippen LogP contribution in [0.2, 0.25) is 0 Å². The molecule has 48 heavy (non-hydrogen) atoms. The predicted octanol–water partition coefficient (Wildman–Crippen LogP) is 3.74. The molecule has 0 bridgehead atoms. The molecule has 1 aromatic heterocycles. The van der Waals surface area contributed by atoms with Crippen LogP contribution in [-0.2, 0) is 16.0 Å². The number of piperidine rings is 1. The highest BCUT2D eigenvalue weighted by Crippen LogP contribution is 2.37. The third-order valence-corrected chi connectivity index (χ3v) is 8.60. The fourth-order valence-corrected chi connectivity index (χ4v) is 6.20. The number of hydrogen-bond acceptors (Lipinski definition) is 8. The van der Waals surface area contributed by atoms with Gasteiger partial charge in [-0.3, -0.25) is 19.2 Å². The summed E-state index contributed by atoms with van der Waals surface area (Å²) in [6, 6.07) is 15.6. The van der Waals surface area contributed by atoms with E-state index < -0.39 is 5.92 Å². The molecule has 2 aliphatic heterocycles. The average Bonchev–Trinajstić information content (AvgIpc) is 3.73. The lowest BCUT2D eigenvalue weighted by molar-refractivity contribution is -0.131. The van der Waals surface area contributed by atoms with Crippen molar-refractivity contribution in [3.63, 3.8) is 0 Å². The summed E-state index contributed by atoms with van der Waals surface area (Å²) in [6.07, 6.45) is 3.61. The van der Waals surface area contributed by atoms with Crippen molar-refractivity contribution >= 4 is 23.6 Å². The quantitative estimate of drug-likeness (QED) is 0.335. The van der Waals surface area contributed by atoms with E-state index in [2.05, 4.69) is 52.9 Å². The molecule has 2 aliphatic rings. The molecule has 2 fully saturated rings. The van der Waals surface area contributed by atoms with E-state index in [1.165, 1.54) is 39.0 Å². The summed E-state index contributed by atoms with van der Waals surface area (Å²) in [4.78, 5) is 59.1. The largest absolute Gasteiger partial charge is 0.493 e. The second-order valence-corrected chi connectivity index (χ2v) is 12.4. The van der Waals surface area contributed by atoms with E-state index in [0.717, 1.165) is 0 Å². The zero-order chi connectivity index (χ0) is 34.8. The van der Waals surface area contributed by atoms with Crippen LogP contribution in [-0.4, -0.2) is 91.4 Å². The smallest absolute Gasteiger partial charge is 0.276 e. The Balaban J connectivity index is 0.000000500. The maximum absolute atomic E-state index is 13.5. The molecule has 0 spiro atoms. The van der Waals surface area contributed by atoms with Crippen LogP contribution in [0.4, 0.5) is 0 Å². The molecule has 258 valence electrons. The highest BCUT2D eigenvalue weighted by atomic mass is 16.5. The molecule has 5 rings (SSSR count). The SMILES string of the molecule is CCCc1ccccc1.CNC(=O)CNC(=O)C1CN(C(=O)c2ncoc2C)CC2CN(C(=O)c3ccc(OC(C)C)c(OC)c3)CC21. The number of carbonyl (C=O) groups is 4. The topological polar surface area (TPSA) is 143 Å². The van der Waals surface area contributed by atoms with Crippen LogP contribution in [0.5, 0.6) is 11.5 Å². The van der Waals surface area contributed by atoms with Crippen molar-refractivity contribution in [1.82, 2.24) is 25.4 Å². The molecule has 2 aromatic carbocycles. The number of rotatable bonds is 10. The number of nitrogens with one attached hydrogen (secondary N) is 2. The van der Waals surface area contributed by atoms with Gasteiger partial charge in [0, 0.05) is 38.8 Å². The van der Waals surface area contributed by atoms with Gasteiger partial charge in [0.15, 0.2) is 23.6 Å². The number of ether oxygens (including phenoxy) is 2. The Kier molecular flexibility index (Phi) is 12.6. The van der Waals surface area contributed by atoms with Crippen molar-refractivity contribution in [3.8, 4) is 11.5 Å². The second-order valence-electron chi connectivity index (χ2n) is 12.4. The standard InChI is InChI=1S/C27H35N5O7.C9H12/c1-15(2)39-21-7-6-17(8-22(21)37-5)26(35)31-10-18-11-32(27(36)24-16(3)38-14-30-24)13-20(19(18)12-31)25(34)29-9-23(33)28-4;1-2-6-9-7-4-3-5-8-9/h6-8,14-15,18-20H,9-13H2,1-5H3,(H,28,33)(H,29,34);3-5,7-8H,2,6H2,1H3. The Morgan fingerprint density at radius 1 is 0.979 bits per heavy atom. The van der Waals surface area contributed by atoms with Gasteiger partial charge in [0.05, 0.1) is 25.7 Å². The molecule has 12 nitrogen and oxygen atoms in total. The minimum absolute atomic E-state index is 0.0552. The average molecular weight is 662 g/mol. The lowest BCUT2D eigenvalue weighted by Crippen LogP contribution is -2.54. The molecule has 4 amide bonds. The number of methoxy groups -OCH3 is 1. The number of likely N-dealkylation sites (N-methyl/N-ethyl adjacent to an activating group) is 1. The number of oxazole rings is 1. The minimum Gasteiger partial charge on any atom is -0.493 e. The van der Waals surface area contributed by atoms with Crippen LogP contribution < -0.4 is 20.1 Å². The molecule has 12 heteroatoms. The molecule has 3 unspecified atom stereocenters. The fourth-order valence-electron chi connectivity index (χ4n) is 6.20. The van der Waals surface area contributed by atoms with Crippen LogP contribution in [0, 0.1) is 24.7 Å². The molecular formula is C36H47N5O7. The van der Waals surface area contributed by atoms with Crippen molar-refractivity contribution in [2.24, 2.45) is 17.8 Å². The van der Waals surface area contributed by atoms with Gasteiger partial charge in [-0.2, -0.15) is 0 Å². The first-order valence-electron chi connectivity index (χ1n) is 16.4. The molecule has 3 heterocycles. The number of benzene rings is 2. The zero-order valence-corrected chi connectivity index (χ0v) is 28.7. The van der Waals surface area contributed by atoms with Crippen LogP contribution in [0.3, 0.4) is 0 Å². The number of aryl methyl sites for hydroxylation is 2. The van der Waals surface area contributed by atoms with E-state index in [9.17, 15) is 19.2 Å². The first kappa shape index (κ1) is 36.0. The number of fused-ring (bicyclic) bond motifs is 1. The highest BCUT2D eigenvalue weighted by Gasteiger charge is 2.48. The molecule has 0 radical (unpaired) electrons. The van der Waals surface area contributed by atoms with E-state index in [0.29, 0.717) is 42.5 Å². The third kappa shape index (κ3) is 8.93. The zero-order valence-electron chi connectivity index (χ0n) is 28.7. The van der Waals surface area contributed by atoms with E-state index in [4.69, 9.17) is 13.9 Å². The summed E-state index contributed by atoms with van der Waals surface area (Å²) >= 11 is 0. The molecule has 3 atom stereocenters. The summed E-state index contributed by atoms with van der Waals surface area (Å²) in [6.45, 7) is 8.72. The molecule has 0 aliphatic carbocycles. The van der Waals surface area contributed by atoms with Gasteiger partial charge in [0.25, 0.3) is 11.8 Å². The molecule has 0 saturated carbocycles. The Morgan fingerprint density at radius 3 is 2.29 bits per heavy atom. The lowest BCUT2D eigenvalue weighted by Gasteiger charge is -2.39. The Hall–Kier alpha value is -4.87. The summed E-state index contributed by atoms with van der Waals surface area (Å²) in [7, 11) is 3.01. The second kappa shape index (κ2) is 16.8. The Bertz CT molecular complexity index is 1560. The van der Waals surface area contributed by atoms with Gasteiger partial charge in [-0.25, -0.2) is 4.98 Å². The van der Waals surface area contributed by atoms with Gasteiger partial charge in [-0.15, -0.1) is 0 Å². The normalized spacial score (nSPS) is 18.4. The van der Waals surface area contributed by atoms with Gasteiger partial charge in [-0.1, -0.05) is 43.7 Å². The first-order chi connectivity index (χ1) is 23.1. The number of nitrogens with zero attached hydrogens (tertiary/aromatic N) is 3. The van der Waals surface area contributed by atoms with E-state index in [1.54, 1.807) is 34.9 Å². The molecule has 2 N–H and O–H groups in total. The van der Waals surface area contributed by atoms with E-state index in [1.807, 2.05) is 13.8 Å². The molecule has 3 aromatic rings. The maximum Gasteiger partial charge on any atom is 0.276 e. The molecular weight excluding hydrogens is 614 g/mol. The number of aromatic nitrogens is 1. The minimum atomic E-state index is -0.612. The Morgan fingerprint density at radius 2 is 1.69 bits per heavy atom. The van der Waals surface area contributed by atoms with Crippen LogP contribution in [0.25, 0.3) is 0 Å². The number of likely N-dealkylation sites (tertiary alicyclic amines) is 2. The fraction of sp³-hybridized carbons (Fsp3) is 0.472. The monoisotopic (exact) mass is 661 g/mol. The first-order valence-corrected chi connectivity index (χ1v) is 16.4. The van der Waals surface area contributed by atoms with Gasteiger partial charge in [-0.05, 0) is 62.8 Å². The summed E-state index contributed by atoms with van der Waals surface area (Å²) < 4.78 is 16.4. The Labute approximate surface area is 282 Å². The van der Waals surface area contributed by atoms with Gasteiger partial charge < -0.3 is 34.3 Å². The van der Waals surface area contributed by atoms with Crippen LogP contribution in [0.1, 0.15) is 59.4 Å². The van der Waals surface area contributed by atoms with Crippen LogP contribution in [0.15, 0.2) is 59.3 Å². The van der Waals surface area contributed by atoms with E-state index in [-0.39, 0.29) is 60.4 Å². The summed E-state index contributed by atoms with van der Waals surface area (Å²) in [5.41, 5.74) is 2.08. The highest BCUT2D eigenvalue weighted by molar-refractivity contribution is 5.96. The number of amides is 4. The van der Waals surface area contributed by atoms with Crippen molar-refractivity contribution in [2.45, 2.75) is 46.6 Å². The van der Waals surface area contributed by atoms with Crippen LogP contribution >= 0.6 is 0 Å². The predicted molar refractivity (Wildman–Crippen MR) is 180 cm³/mol. The summed E-state index contributed by atoms with van der Waals surface area (Å²) in [5.74, 6) is -0.748. The van der Waals surface area contributed by atoms with Crippen molar-refractivity contribution < 1.29 is 33.1 Å². The maximum atomic E-state index is 13.5. The summed E-state index contributed by atoms with van der Waals surface area (Å²) in [5, 5.41) is 5.15.